The molecule has 7 heteroatoms. The van der Waals surface area contributed by atoms with Crippen molar-refractivity contribution in [2.45, 2.75) is 45.4 Å². The van der Waals surface area contributed by atoms with Crippen LogP contribution in [0, 0.1) is 30.1 Å². The summed E-state index contributed by atoms with van der Waals surface area (Å²) in [7, 11) is 1.63. The molecule has 0 aromatic carbocycles. The van der Waals surface area contributed by atoms with Crippen LogP contribution >= 0.6 is 11.3 Å². The minimum atomic E-state index is -0.236. The van der Waals surface area contributed by atoms with Crippen molar-refractivity contribution in [2.75, 3.05) is 32.1 Å². The first-order chi connectivity index (χ1) is 13.0. The van der Waals surface area contributed by atoms with Crippen LogP contribution in [0.1, 0.15) is 44.2 Å². The number of rotatable bonds is 7. The average molecular weight is 392 g/mol. The highest BCUT2D eigenvalue weighted by Gasteiger charge is 2.55. The lowest BCUT2D eigenvalue weighted by Crippen LogP contribution is -2.56. The zero-order chi connectivity index (χ0) is 19.0. The summed E-state index contributed by atoms with van der Waals surface area (Å²) in [5, 5.41) is 5.32. The summed E-state index contributed by atoms with van der Waals surface area (Å²) in [5.41, 5.74) is 0.650. The lowest BCUT2D eigenvalue weighted by Gasteiger charge is -2.56. The van der Waals surface area contributed by atoms with Gasteiger partial charge in [-0.15, -0.1) is 11.3 Å². The number of thiazole rings is 1. The standard InChI is InChI=1S/C20H29N3O3S/c1-13-12-27-19(21-13)22-17(24)11-23(3-4-26-2)18(25)20-8-14-5-15(9-20)7-16(6-14)10-20/h12,14-16H,3-11H2,1-2H3,(H,21,22,24). The number of aromatic nitrogens is 1. The monoisotopic (exact) mass is 391 g/mol. The maximum absolute atomic E-state index is 13.6. The van der Waals surface area contributed by atoms with E-state index in [1.54, 1.807) is 12.0 Å². The maximum Gasteiger partial charge on any atom is 0.245 e. The molecule has 6 nitrogen and oxygen atoms in total. The van der Waals surface area contributed by atoms with Gasteiger partial charge in [-0.3, -0.25) is 9.59 Å². The normalized spacial score (nSPS) is 31.1. The van der Waals surface area contributed by atoms with Crippen molar-refractivity contribution < 1.29 is 14.3 Å². The molecule has 1 aromatic heterocycles. The van der Waals surface area contributed by atoms with Gasteiger partial charge in [-0.05, 0) is 63.2 Å². The van der Waals surface area contributed by atoms with E-state index in [2.05, 4.69) is 10.3 Å². The van der Waals surface area contributed by atoms with Gasteiger partial charge in [0.05, 0.1) is 17.7 Å². The lowest BCUT2D eigenvalue weighted by molar-refractivity contribution is -0.159. The van der Waals surface area contributed by atoms with E-state index in [1.807, 2.05) is 12.3 Å². The summed E-state index contributed by atoms with van der Waals surface area (Å²) in [5.74, 6) is 2.10. The molecule has 4 aliphatic carbocycles. The Morgan fingerprint density at radius 1 is 1.26 bits per heavy atom. The molecule has 0 radical (unpaired) electrons. The van der Waals surface area contributed by atoms with Crippen LogP contribution in [-0.2, 0) is 14.3 Å². The number of nitrogens with zero attached hydrogens (tertiary/aromatic N) is 2. The van der Waals surface area contributed by atoms with Crippen molar-refractivity contribution >= 4 is 28.3 Å². The number of methoxy groups -OCH3 is 1. The maximum atomic E-state index is 13.6. The summed E-state index contributed by atoms with van der Waals surface area (Å²) in [6.45, 7) is 2.87. The lowest BCUT2D eigenvalue weighted by atomic mass is 9.49. The second kappa shape index (κ2) is 7.51. The van der Waals surface area contributed by atoms with Gasteiger partial charge in [0.15, 0.2) is 5.13 Å². The molecule has 0 atom stereocenters. The van der Waals surface area contributed by atoms with E-state index in [0.29, 0.717) is 36.0 Å². The number of hydrogen-bond acceptors (Lipinski definition) is 5. The van der Waals surface area contributed by atoms with Crippen LogP contribution in [0.5, 0.6) is 0 Å². The second-order valence-electron chi connectivity index (χ2n) is 8.76. The van der Waals surface area contributed by atoms with Gasteiger partial charge in [0.25, 0.3) is 0 Å². The summed E-state index contributed by atoms with van der Waals surface area (Å²) < 4.78 is 5.21. The molecule has 148 valence electrons. The van der Waals surface area contributed by atoms with Crippen LogP contribution in [0.2, 0.25) is 0 Å². The Labute approximate surface area is 164 Å². The number of aryl methyl sites for hydroxylation is 1. The number of anilines is 1. The number of carbonyl (C=O) groups excluding carboxylic acids is 2. The van der Waals surface area contributed by atoms with Crippen molar-refractivity contribution in [1.29, 1.82) is 0 Å². The molecule has 0 unspecified atom stereocenters. The predicted octanol–water partition coefficient (Wildman–Crippen LogP) is 3.08. The summed E-state index contributed by atoms with van der Waals surface area (Å²) in [4.78, 5) is 32.1. The Kier molecular flexibility index (Phi) is 5.25. The average Bonchev–Trinajstić information content (AvgIpc) is 3.01. The molecule has 4 aliphatic rings. The largest absolute Gasteiger partial charge is 0.383 e. The number of nitrogens with one attached hydrogen (secondary N) is 1. The number of hydrogen-bond donors (Lipinski definition) is 1. The van der Waals surface area contributed by atoms with Gasteiger partial charge in [-0.25, -0.2) is 4.98 Å². The van der Waals surface area contributed by atoms with Gasteiger partial charge in [0.1, 0.15) is 6.54 Å². The van der Waals surface area contributed by atoms with E-state index in [1.165, 1.54) is 30.6 Å². The number of ether oxygens (including phenoxy) is 1. The third kappa shape index (κ3) is 3.90. The molecule has 1 heterocycles. The minimum Gasteiger partial charge on any atom is -0.383 e. The number of amides is 2. The third-order valence-electron chi connectivity index (χ3n) is 6.54. The highest BCUT2D eigenvalue weighted by molar-refractivity contribution is 7.13. The Balaban J connectivity index is 1.46. The van der Waals surface area contributed by atoms with Gasteiger partial charge in [0, 0.05) is 19.0 Å². The first-order valence-electron chi connectivity index (χ1n) is 9.98. The van der Waals surface area contributed by atoms with E-state index in [0.717, 1.165) is 25.0 Å². The first kappa shape index (κ1) is 18.9. The highest BCUT2D eigenvalue weighted by Crippen LogP contribution is 2.60. The zero-order valence-electron chi connectivity index (χ0n) is 16.2. The predicted molar refractivity (Wildman–Crippen MR) is 105 cm³/mol. The molecular formula is C20H29N3O3S. The van der Waals surface area contributed by atoms with Gasteiger partial charge < -0.3 is 15.0 Å². The smallest absolute Gasteiger partial charge is 0.245 e. The molecule has 1 aromatic rings. The fraction of sp³-hybridized carbons (Fsp3) is 0.750. The van der Waals surface area contributed by atoms with Crippen molar-refractivity contribution in [3.05, 3.63) is 11.1 Å². The fourth-order valence-corrected chi connectivity index (χ4v) is 6.61. The van der Waals surface area contributed by atoms with Crippen LogP contribution in [0.4, 0.5) is 5.13 Å². The summed E-state index contributed by atoms with van der Waals surface area (Å²) in [6.07, 6.45) is 6.93. The van der Waals surface area contributed by atoms with Gasteiger partial charge in [-0.1, -0.05) is 0 Å². The van der Waals surface area contributed by atoms with Crippen molar-refractivity contribution in [3.63, 3.8) is 0 Å². The van der Waals surface area contributed by atoms with Crippen LogP contribution in [0.15, 0.2) is 5.38 Å². The minimum absolute atomic E-state index is 0.0720. The van der Waals surface area contributed by atoms with Crippen molar-refractivity contribution in [2.24, 2.45) is 23.2 Å². The van der Waals surface area contributed by atoms with Crippen LogP contribution < -0.4 is 5.32 Å². The highest BCUT2D eigenvalue weighted by atomic mass is 32.1. The quantitative estimate of drug-likeness (QED) is 0.775. The zero-order valence-corrected chi connectivity index (χ0v) is 17.0. The van der Waals surface area contributed by atoms with Crippen LogP contribution in [0.3, 0.4) is 0 Å². The third-order valence-corrected chi connectivity index (χ3v) is 7.42. The Hall–Kier alpha value is -1.47. The summed E-state index contributed by atoms with van der Waals surface area (Å²) in [6, 6.07) is 0. The number of carbonyl (C=O) groups is 2. The Bertz CT molecular complexity index is 682. The van der Waals surface area contributed by atoms with E-state index in [9.17, 15) is 9.59 Å². The SMILES string of the molecule is COCCN(CC(=O)Nc1nc(C)cs1)C(=O)C12CC3CC(CC(C3)C1)C2. The molecule has 1 N–H and O–H groups in total. The molecule has 0 saturated heterocycles. The molecule has 0 aliphatic heterocycles. The molecule has 4 bridgehead atoms. The molecule has 0 spiro atoms. The van der Waals surface area contributed by atoms with E-state index >= 15 is 0 Å². The molecule has 2 amide bonds. The van der Waals surface area contributed by atoms with Gasteiger partial charge >= 0.3 is 0 Å². The van der Waals surface area contributed by atoms with Crippen LogP contribution in [-0.4, -0.2) is 48.5 Å². The van der Waals surface area contributed by atoms with Gasteiger partial charge in [-0.2, -0.15) is 0 Å². The van der Waals surface area contributed by atoms with E-state index < -0.39 is 0 Å². The fourth-order valence-electron chi connectivity index (χ4n) is 5.91. The second-order valence-corrected chi connectivity index (χ2v) is 9.62. The topological polar surface area (TPSA) is 71.5 Å². The molecule has 5 rings (SSSR count). The van der Waals surface area contributed by atoms with E-state index in [4.69, 9.17) is 4.74 Å². The van der Waals surface area contributed by atoms with Crippen molar-refractivity contribution in [1.82, 2.24) is 9.88 Å². The van der Waals surface area contributed by atoms with Gasteiger partial charge in [0.2, 0.25) is 11.8 Å². The molecular weight excluding hydrogens is 362 g/mol. The molecule has 4 saturated carbocycles. The molecule has 4 fully saturated rings. The Morgan fingerprint density at radius 3 is 2.41 bits per heavy atom. The Morgan fingerprint density at radius 2 is 1.89 bits per heavy atom. The summed E-state index contributed by atoms with van der Waals surface area (Å²) >= 11 is 1.41. The van der Waals surface area contributed by atoms with E-state index in [-0.39, 0.29) is 23.8 Å². The van der Waals surface area contributed by atoms with Crippen molar-refractivity contribution in [3.8, 4) is 0 Å². The van der Waals surface area contributed by atoms with Crippen LogP contribution in [0.25, 0.3) is 0 Å². The first-order valence-corrected chi connectivity index (χ1v) is 10.9. The molecule has 27 heavy (non-hydrogen) atoms.